The van der Waals surface area contributed by atoms with Gasteiger partial charge in [-0.05, 0) is 20.8 Å². The summed E-state index contributed by atoms with van der Waals surface area (Å²) in [4.78, 5) is 0. The summed E-state index contributed by atoms with van der Waals surface area (Å²) in [5, 5.41) is 4.36. The summed E-state index contributed by atoms with van der Waals surface area (Å²) >= 11 is 0. The molecule has 0 aliphatic carbocycles. The monoisotopic (exact) mass is 183 g/mol. The molecule has 0 atom stereocenters. The molecule has 74 valence electrons. The number of hydrogen-bond acceptors (Lipinski definition) is 3. The van der Waals surface area contributed by atoms with Crippen LogP contribution in [0.25, 0.3) is 0 Å². The lowest BCUT2D eigenvalue weighted by Gasteiger charge is -2.09. The summed E-state index contributed by atoms with van der Waals surface area (Å²) < 4.78 is 7.13. The highest BCUT2D eigenvalue weighted by atomic mass is 16.5. The van der Waals surface area contributed by atoms with Gasteiger partial charge < -0.3 is 10.5 Å². The highest BCUT2D eigenvalue weighted by Gasteiger charge is 2.15. The second-order valence-electron chi connectivity index (χ2n) is 3.32. The van der Waals surface area contributed by atoms with Crippen molar-refractivity contribution >= 4 is 0 Å². The Bertz CT molecular complexity index is 291. The first-order valence-electron chi connectivity index (χ1n) is 4.43. The van der Waals surface area contributed by atoms with Gasteiger partial charge in [0.2, 0.25) is 5.88 Å². The SMILES string of the molecule is COc1c(CN)c(C)nn1C(C)C. The third-order valence-electron chi connectivity index (χ3n) is 2.05. The van der Waals surface area contributed by atoms with Gasteiger partial charge in [0.05, 0.1) is 24.4 Å². The Labute approximate surface area is 78.7 Å². The molecule has 0 aliphatic rings. The van der Waals surface area contributed by atoms with Crippen molar-refractivity contribution in [2.45, 2.75) is 33.4 Å². The fourth-order valence-electron chi connectivity index (χ4n) is 1.36. The van der Waals surface area contributed by atoms with Gasteiger partial charge >= 0.3 is 0 Å². The third-order valence-corrected chi connectivity index (χ3v) is 2.05. The first-order valence-corrected chi connectivity index (χ1v) is 4.43. The van der Waals surface area contributed by atoms with Crippen molar-refractivity contribution in [1.82, 2.24) is 9.78 Å². The van der Waals surface area contributed by atoms with Crippen molar-refractivity contribution in [3.8, 4) is 5.88 Å². The number of rotatable bonds is 3. The number of methoxy groups -OCH3 is 1. The van der Waals surface area contributed by atoms with E-state index < -0.39 is 0 Å². The first-order chi connectivity index (χ1) is 6.11. The molecule has 2 N–H and O–H groups in total. The maximum atomic E-state index is 5.61. The van der Waals surface area contributed by atoms with Gasteiger partial charge in [-0.15, -0.1) is 0 Å². The normalized spacial score (nSPS) is 10.9. The summed E-state index contributed by atoms with van der Waals surface area (Å²) in [5.74, 6) is 0.787. The molecular formula is C9H17N3O. The van der Waals surface area contributed by atoms with E-state index in [1.807, 2.05) is 11.6 Å². The van der Waals surface area contributed by atoms with Crippen LogP contribution in [0.15, 0.2) is 0 Å². The Kier molecular flexibility index (Phi) is 2.93. The molecule has 1 rings (SSSR count). The Morgan fingerprint density at radius 3 is 2.54 bits per heavy atom. The fourth-order valence-corrected chi connectivity index (χ4v) is 1.36. The molecule has 4 nitrogen and oxygen atoms in total. The van der Waals surface area contributed by atoms with Crippen LogP contribution in [0.4, 0.5) is 0 Å². The Morgan fingerprint density at radius 2 is 2.15 bits per heavy atom. The van der Waals surface area contributed by atoms with Crippen molar-refractivity contribution in [3.05, 3.63) is 11.3 Å². The van der Waals surface area contributed by atoms with Gasteiger partial charge in [-0.25, -0.2) is 4.68 Å². The maximum absolute atomic E-state index is 5.61. The topological polar surface area (TPSA) is 53.1 Å². The van der Waals surface area contributed by atoms with E-state index in [2.05, 4.69) is 18.9 Å². The zero-order chi connectivity index (χ0) is 10.0. The van der Waals surface area contributed by atoms with E-state index in [1.165, 1.54) is 0 Å². The van der Waals surface area contributed by atoms with Crippen LogP contribution < -0.4 is 10.5 Å². The molecule has 0 saturated heterocycles. The van der Waals surface area contributed by atoms with E-state index in [9.17, 15) is 0 Å². The van der Waals surface area contributed by atoms with Crippen molar-refractivity contribution < 1.29 is 4.74 Å². The lowest BCUT2D eigenvalue weighted by atomic mass is 10.2. The third kappa shape index (κ3) is 1.67. The average Bonchev–Trinajstić information content (AvgIpc) is 2.41. The predicted octanol–water partition coefficient (Wildman–Crippen LogP) is 1.24. The van der Waals surface area contributed by atoms with Crippen LogP contribution in [-0.2, 0) is 6.54 Å². The molecule has 1 heterocycles. The highest BCUT2D eigenvalue weighted by Crippen LogP contribution is 2.24. The lowest BCUT2D eigenvalue weighted by molar-refractivity contribution is 0.342. The molecule has 0 aromatic carbocycles. The second-order valence-corrected chi connectivity index (χ2v) is 3.32. The van der Waals surface area contributed by atoms with Gasteiger partial charge in [0.25, 0.3) is 0 Å². The zero-order valence-electron chi connectivity index (χ0n) is 8.66. The van der Waals surface area contributed by atoms with Crippen LogP contribution in [-0.4, -0.2) is 16.9 Å². The van der Waals surface area contributed by atoms with Crippen molar-refractivity contribution in [2.24, 2.45) is 5.73 Å². The maximum Gasteiger partial charge on any atom is 0.216 e. The van der Waals surface area contributed by atoms with Crippen molar-refractivity contribution in [3.63, 3.8) is 0 Å². The molecule has 4 heteroatoms. The van der Waals surface area contributed by atoms with E-state index in [0.717, 1.165) is 17.1 Å². The van der Waals surface area contributed by atoms with Gasteiger partial charge in [0.15, 0.2) is 0 Å². The molecule has 0 aliphatic heterocycles. The lowest BCUT2D eigenvalue weighted by Crippen LogP contribution is -2.06. The Balaban J connectivity index is 3.21. The van der Waals surface area contributed by atoms with E-state index in [1.54, 1.807) is 7.11 Å². The van der Waals surface area contributed by atoms with E-state index in [4.69, 9.17) is 10.5 Å². The van der Waals surface area contributed by atoms with Gasteiger partial charge in [0.1, 0.15) is 0 Å². The molecule has 13 heavy (non-hydrogen) atoms. The molecule has 0 fully saturated rings. The van der Waals surface area contributed by atoms with Crippen LogP contribution in [0, 0.1) is 6.92 Å². The minimum Gasteiger partial charge on any atom is -0.481 e. The second kappa shape index (κ2) is 3.79. The van der Waals surface area contributed by atoms with Gasteiger partial charge in [-0.1, -0.05) is 0 Å². The Hall–Kier alpha value is -1.03. The number of hydrogen-bond donors (Lipinski definition) is 1. The molecule has 1 aromatic heterocycles. The molecule has 0 spiro atoms. The quantitative estimate of drug-likeness (QED) is 0.767. The van der Waals surface area contributed by atoms with Gasteiger partial charge in [-0.2, -0.15) is 5.10 Å². The zero-order valence-corrected chi connectivity index (χ0v) is 8.66. The molecule has 0 unspecified atom stereocenters. The molecule has 0 radical (unpaired) electrons. The van der Waals surface area contributed by atoms with Crippen molar-refractivity contribution in [1.29, 1.82) is 0 Å². The summed E-state index contributed by atoms with van der Waals surface area (Å²) in [7, 11) is 1.65. The average molecular weight is 183 g/mol. The molecule has 1 aromatic rings. The number of aryl methyl sites for hydroxylation is 1. The van der Waals surface area contributed by atoms with Crippen LogP contribution in [0.1, 0.15) is 31.1 Å². The predicted molar refractivity (Wildman–Crippen MR) is 51.8 cm³/mol. The summed E-state index contributed by atoms with van der Waals surface area (Å²) in [6.45, 7) is 6.55. The van der Waals surface area contributed by atoms with E-state index >= 15 is 0 Å². The van der Waals surface area contributed by atoms with Gasteiger partial charge in [-0.3, -0.25) is 0 Å². The Morgan fingerprint density at radius 1 is 1.54 bits per heavy atom. The number of aromatic nitrogens is 2. The fraction of sp³-hybridized carbons (Fsp3) is 0.667. The van der Waals surface area contributed by atoms with Crippen LogP contribution >= 0.6 is 0 Å². The standard InChI is InChI=1S/C9H17N3O/c1-6(2)12-9(13-4)8(5-10)7(3)11-12/h6H,5,10H2,1-4H3. The summed E-state index contributed by atoms with van der Waals surface area (Å²) in [5.41, 5.74) is 7.56. The van der Waals surface area contributed by atoms with E-state index in [-0.39, 0.29) is 0 Å². The molecule has 0 bridgehead atoms. The summed E-state index contributed by atoms with van der Waals surface area (Å²) in [6, 6.07) is 0.300. The number of nitrogens with zero attached hydrogens (tertiary/aromatic N) is 2. The van der Waals surface area contributed by atoms with Gasteiger partial charge in [0, 0.05) is 6.54 Å². The number of nitrogens with two attached hydrogens (primary N) is 1. The smallest absolute Gasteiger partial charge is 0.216 e. The van der Waals surface area contributed by atoms with Crippen LogP contribution in [0.2, 0.25) is 0 Å². The van der Waals surface area contributed by atoms with Crippen LogP contribution in [0.3, 0.4) is 0 Å². The van der Waals surface area contributed by atoms with E-state index in [0.29, 0.717) is 12.6 Å². The highest BCUT2D eigenvalue weighted by molar-refractivity contribution is 5.31. The summed E-state index contributed by atoms with van der Waals surface area (Å²) in [6.07, 6.45) is 0. The molecule has 0 amide bonds. The minimum absolute atomic E-state index is 0.300. The largest absolute Gasteiger partial charge is 0.481 e. The van der Waals surface area contributed by atoms with Crippen LogP contribution in [0.5, 0.6) is 5.88 Å². The minimum atomic E-state index is 0.300. The van der Waals surface area contributed by atoms with Crippen molar-refractivity contribution in [2.75, 3.05) is 7.11 Å². The first kappa shape index (κ1) is 10.1. The molecule has 0 saturated carbocycles. The number of ether oxygens (including phenoxy) is 1. The molecular weight excluding hydrogens is 166 g/mol.